The van der Waals surface area contributed by atoms with Crippen molar-refractivity contribution in [2.24, 2.45) is 0 Å². The number of ether oxygens (including phenoxy) is 2. The third kappa shape index (κ3) is 3.25. The molecule has 1 spiro atoms. The Morgan fingerprint density at radius 1 is 1.08 bits per heavy atom. The van der Waals surface area contributed by atoms with E-state index in [0.717, 1.165) is 5.56 Å². The summed E-state index contributed by atoms with van der Waals surface area (Å²) in [5.41, 5.74) is 1.12. The van der Waals surface area contributed by atoms with Crippen LogP contribution in [0.15, 0.2) is 60.7 Å². The van der Waals surface area contributed by atoms with Crippen molar-refractivity contribution in [3.63, 3.8) is 0 Å². The second kappa shape index (κ2) is 6.75. The van der Waals surface area contributed by atoms with E-state index in [0.29, 0.717) is 37.2 Å². The van der Waals surface area contributed by atoms with Crippen LogP contribution in [0.1, 0.15) is 24.0 Å². The normalized spacial score (nSPS) is 17.8. The van der Waals surface area contributed by atoms with E-state index in [9.17, 15) is 9.90 Å². The van der Waals surface area contributed by atoms with Gasteiger partial charge in [0.2, 0.25) is 0 Å². The third-order valence-electron chi connectivity index (χ3n) is 4.95. The number of nitrogens with zero attached hydrogens (tertiary/aromatic N) is 1. The van der Waals surface area contributed by atoms with Crippen LogP contribution in [-0.4, -0.2) is 34.8 Å². The Hall–Kier alpha value is -2.95. The minimum atomic E-state index is -0.561. The van der Waals surface area contributed by atoms with Gasteiger partial charge in [0.25, 0.3) is 0 Å². The molecule has 1 saturated heterocycles. The highest BCUT2D eigenvalue weighted by Gasteiger charge is 2.40. The van der Waals surface area contributed by atoms with Gasteiger partial charge in [0.05, 0.1) is 5.56 Å². The number of piperidine rings is 1. The number of aliphatic hydroxyl groups is 1. The van der Waals surface area contributed by atoms with Crippen molar-refractivity contribution >= 4 is 11.9 Å². The molecule has 0 bridgehead atoms. The summed E-state index contributed by atoms with van der Waals surface area (Å²) < 4.78 is 11.6. The number of hydrogen-bond acceptors (Lipinski definition) is 4. The Bertz CT molecular complexity index is 823. The van der Waals surface area contributed by atoms with Gasteiger partial charge in [-0.2, -0.15) is 0 Å². The predicted octanol–water partition coefficient (Wildman–Crippen LogP) is 4.15. The van der Waals surface area contributed by atoms with E-state index in [4.69, 9.17) is 9.47 Å². The smallest absolute Gasteiger partial charge is 0.410 e. The Labute approximate surface area is 152 Å². The van der Waals surface area contributed by atoms with Crippen molar-refractivity contribution in [2.45, 2.75) is 25.0 Å². The average Bonchev–Trinajstić information content (AvgIpc) is 2.67. The zero-order chi connectivity index (χ0) is 18.0. The molecule has 0 radical (unpaired) electrons. The van der Waals surface area contributed by atoms with Crippen molar-refractivity contribution < 1.29 is 19.4 Å². The number of carbonyl (C=O) groups excluding carboxylic acids is 1. The van der Waals surface area contributed by atoms with Crippen LogP contribution in [0.25, 0.3) is 5.76 Å². The van der Waals surface area contributed by atoms with E-state index < -0.39 is 5.60 Å². The molecule has 26 heavy (non-hydrogen) atoms. The molecule has 134 valence electrons. The average molecular weight is 351 g/mol. The molecule has 2 aliphatic rings. The topological polar surface area (TPSA) is 59.0 Å². The number of carbonyl (C=O) groups is 1. The highest BCUT2D eigenvalue weighted by atomic mass is 16.6. The minimum absolute atomic E-state index is 0.243. The second-order valence-electron chi connectivity index (χ2n) is 6.72. The number of rotatable bonds is 2. The Morgan fingerprint density at radius 3 is 2.54 bits per heavy atom. The first-order chi connectivity index (χ1) is 12.7. The molecule has 1 fully saturated rings. The fourth-order valence-electron chi connectivity index (χ4n) is 3.47. The first-order valence-electron chi connectivity index (χ1n) is 8.81. The van der Waals surface area contributed by atoms with Gasteiger partial charge in [0, 0.05) is 32.0 Å². The number of likely N-dealkylation sites (tertiary alicyclic amines) is 1. The molecule has 0 unspecified atom stereocenters. The Morgan fingerprint density at radius 2 is 1.77 bits per heavy atom. The number of fused-ring (bicyclic) bond motifs is 1. The number of aliphatic hydroxyl groups excluding tert-OH is 1. The molecule has 5 nitrogen and oxygen atoms in total. The van der Waals surface area contributed by atoms with Crippen molar-refractivity contribution in [2.75, 3.05) is 13.1 Å². The Balaban J connectivity index is 1.37. The molecular formula is C21H21NO4. The van der Waals surface area contributed by atoms with Gasteiger partial charge in [-0.15, -0.1) is 0 Å². The maximum absolute atomic E-state index is 12.3. The van der Waals surface area contributed by atoms with E-state index in [-0.39, 0.29) is 18.5 Å². The number of hydrogen-bond donors (Lipinski definition) is 1. The monoisotopic (exact) mass is 351 g/mol. The lowest BCUT2D eigenvalue weighted by Gasteiger charge is -2.41. The van der Waals surface area contributed by atoms with Crippen molar-refractivity contribution in [3.05, 3.63) is 71.8 Å². The van der Waals surface area contributed by atoms with Crippen LogP contribution in [-0.2, 0) is 11.3 Å². The first kappa shape index (κ1) is 16.5. The molecule has 1 N–H and O–H groups in total. The minimum Gasteiger partial charge on any atom is -0.507 e. The summed E-state index contributed by atoms with van der Waals surface area (Å²) in [5.74, 6) is 0.930. The molecule has 0 atom stereocenters. The fourth-order valence-corrected chi connectivity index (χ4v) is 3.47. The lowest BCUT2D eigenvalue weighted by atomic mass is 9.87. The fraction of sp³-hybridized carbons (Fsp3) is 0.286. The van der Waals surface area contributed by atoms with Crippen LogP contribution in [0.2, 0.25) is 0 Å². The molecule has 2 heterocycles. The van der Waals surface area contributed by atoms with Crippen molar-refractivity contribution in [3.8, 4) is 5.75 Å². The SMILES string of the molecule is O=C(OCc1ccccc1)N1CCC2(C=C(O)c3ccccc3O2)CC1. The van der Waals surface area contributed by atoms with E-state index >= 15 is 0 Å². The lowest BCUT2D eigenvalue weighted by molar-refractivity contribution is 0.0272. The van der Waals surface area contributed by atoms with Crippen LogP contribution < -0.4 is 4.74 Å². The number of para-hydroxylation sites is 1. The van der Waals surface area contributed by atoms with E-state index in [2.05, 4.69) is 0 Å². The van der Waals surface area contributed by atoms with Crippen molar-refractivity contribution in [1.29, 1.82) is 0 Å². The maximum Gasteiger partial charge on any atom is 0.410 e. The zero-order valence-corrected chi connectivity index (χ0v) is 14.4. The summed E-state index contributed by atoms with van der Waals surface area (Å²) in [4.78, 5) is 14.0. The van der Waals surface area contributed by atoms with Crippen molar-refractivity contribution in [1.82, 2.24) is 4.90 Å². The molecule has 0 saturated carbocycles. The molecule has 2 aliphatic heterocycles. The van der Waals surface area contributed by atoms with Gasteiger partial charge in [0.15, 0.2) is 0 Å². The summed E-state index contributed by atoms with van der Waals surface area (Å²) in [5, 5.41) is 10.3. The number of amides is 1. The third-order valence-corrected chi connectivity index (χ3v) is 4.95. The number of benzene rings is 2. The second-order valence-corrected chi connectivity index (χ2v) is 6.72. The first-order valence-corrected chi connectivity index (χ1v) is 8.81. The van der Waals surface area contributed by atoms with E-state index in [1.165, 1.54) is 0 Å². The van der Waals surface area contributed by atoms with Gasteiger partial charge >= 0.3 is 6.09 Å². The summed E-state index contributed by atoms with van der Waals surface area (Å²) in [6.45, 7) is 1.32. The molecule has 0 aliphatic carbocycles. The van der Waals surface area contributed by atoms with Crippen LogP contribution in [0, 0.1) is 0 Å². The molecule has 0 aromatic heterocycles. The molecule has 2 aromatic rings. The van der Waals surface area contributed by atoms with Gasteiger partial charge in [0.1, 0.15) is 23.7 Å². The van der Waals surface area contributed by atoms with Crippen LogP contribution in [0.5, 0.6) is 5.75 Å². The maximum atomic E-state index is 12.3. The molecule has 5 heteroatoms. The van der Waals surface area contributed by atoms with Crippen LogP contribution in [0.4, 0.5) is 4.79 Å². The van der Waals surface area contributed by atoms with Crippen LogP contribution >= 0.6 is 0 Å². The highest BCUT2D eigenvalue weighted by molar-refractivity contribution is 5.69. The quantitative estimate of drug-likeness (QED) is 0.883. The standard InChI is InChI=1S/C21H21NO4/c23-18-14-21(26-19-9-5-4-8-17(18)19)10-12-22(13-11-21)20(24)25-15-16-6-2-1-3-7-16/h1-9,14,23H,10-13,15H2. The molecule has 2 aromatic carbocycles. The summed E-state index contributed by atoms with van der Waals surface area (Å²) in [7, 11) is 0. The largest absolute Gasteiger partial charge is 0.507 e. The lowest BCUT2D eigenvalue weighted by Crippen LogP contribution is -2.49. The predicted molar refractivity (Wildman–Crippen MR) is 97.8 cm³/mol. The van der Waals surface area contributed by atoms with E-state index in [1.54, 1.807) is 11.0 Å². The summed E-state index contributed by atoms with van der Waals surface area (Å²) >= 11 is 0. The van der Waals surface area contributed by atoms with Gasteiger partial charge < -0.3 is 19.5 Å². The summed E-state index contributed by atoms with van der Waals surface area (Å²) in [6, 6.07) is 17.1. The van der Waals surface area contributed by atoms with Gasteiger partial charge in [-0.3, -0.25) is 0 Å². The molecule has 1 amide bonds. The van der Waals surface area contributed by atoms with Gasteiger partial charge in [-0.25, -0.2) is 4.79 Å². The van der Waals surface area contributed by atoms with Gasteiger partial charge in [-0.1, -0.05) is 42.5 Å². The molecule has 4 rings (SSSR count). The van der Waals surface area contributed by atoms with Crippen LogP contribution in [0.3, 0.4) is 0 Å². The summed E-state index contributed by atoms with van der Waals surface area (Å²) in [6.07, 6.45) is 2.70. The Kier molecular flexibility index (Phi) is 4.29. The van der Waals surface area contributed by atoms with E-state index in [1.807, 2.05) is 54.6 Å². The highest BCUT2D eigenvalue weighted by Crippen LogP contribution is 2.39. The molecular weight excluding hydrogens is 330 g/mol. The van der Waals surface area contributed by atoms with Gasteiger partial charge in [-0.05, 0) is 17.7 Å². The zero-order valence-electron chi connectivity index (χ0n) is 14.4.